The Morgan fingerprint density at radius 1 is 1.20 bits per heavy atom. The van der Waals surface area contributed by atoms with E-state index in [9.17, 15) is 14.4 Å². The van der Waals surface area contributed by atoms with Gasteiger partial charge in [-0.2, -0.15) is 5.10 Å². The smallest absolute Gasteiger partial charge is 0.325 e. The van der Waals surface area contributed by atoms with E-state index in [2.05, 4.69) is 25.4 Å². The molecule has 3 heterocycles. The fraction of sp³-hybridized carbons (Fsp3) is 0.190. The lowest BCUT2D eigenvalue weighted by Crippen LogP contribution is -2.23. The molecule has 3 N–H and O–H groups in total. The summed E-state index contributed by atoms with van der Waals surface area (Å²) >= 11 is 0. The lowest BCUT2D eigenvalue weighted by Gasteiger charge is -2.08. The molecule has 0 spiro atoms. The van der Waals surface area contributed by atoms with E-state index < -0.39 is 11.2 Å². The Balaban J connectivity index is 1.52. The Hall–Kier alpha value is -4.01. The van der Waals surface area contributed by atoms with Crippen LogP contribution in [0.4, 0.5) is 0 Å². The van der Waals surface area contributed by atoms with Crippen LogP contribution in [0.2, 0.25) is 0 Å². The molecule has 0 saturated heterocycles. The van der Waals surface area contributed by atoms with Crippen LogP contribution in [0, 0.1) is 0 Å². The number of fused-ring (bicyclic) bond motifs is 1. The normalized spacial score (nSPS) is 17.8. The van der Waals surface area contributed by atoms with Crippen LogP contribution in [0.25, 0.3) is 16.9 Å². The summed E-state index contributed by atoms with van der Waals surface area (Å²) in [6.07, 6.45) is 5.71. The summed E-state index contributed by atoms with van der Waals surface area (Å²) in [7, 11) is 1.61. The Morgan fingerprint density at radius 3 is 2.73 bits per heavy atom. The van der Waals surface area contributed by atoms with Crippen molar-refractivity contribution in [2.24, 2.45) is 0 Å². The molecule has 1 aliphatic rings. The molecule has 1 amide bonds. The minimum absolute atomic E-state index is 0.113. The van der Waals surface area contributed by atoms with E-state index in [1.807, 2.05) is 30.3 Å². The van der Waals surface area contributed by atoms with Crippen molar-refractivity contribution in [3.63, 3.8) is 0 Å². The number of aromatic amines is 2. The van der Waals surface area contributed by atoms with E-state index in [1.165, 1.54) is 6.20 Å². The molecule has 30 heavy (non-hydrogen) atoms. The van der Waals surface area contributed by atoms with Crippen molar-refractivity contribution in [2.75, 3.05) is 7.05 Å². The van der Waals surface area contributed by atoms with Crippen LogP contribution >= 0.6 is 0 Å². The number of aromatic nitrogens is 5. The first kappa shape index (κ1) is 18.0. The number of amides is 1. The number of imidazole rings is 1. The van der Waals surface area contributed by atoms with Gasteiger partial charge in [-0.15, -0.1) is 0 Å². The number of benzene rings is 1. The average molecular weight is 402 g/mol. The summed E-state index contributed by atoms with van der Waals surface area (Å²) in [6, 6.07) is 9.48. The molecule has 0 radical (unpaired) electrons. The van der Waals surface area contributed by atoms with Gasteiger partial charge in [0.15, 0.2) is 5.65 Å². The molecule has 0 bridgehead atoms. The molecule has 3 aromatic heterocycles. The molecule has 1 aromatic carbocycles. The van der Waals surface area contributed by atoms with Gasteiger partial charge >= 0.3 is 5.69 Å². The van der Waals surface area contributed by atoms with Gasteiger partial charge in [-0.25, -0.2) is 14.3 Å². The summed E-state index contributed by atoms with van der Waals surface area (Å²) < 4.78 is 1.65. The summed E-state index contributed by atoms with van der Waals surface area (Å²) in [4.78, 5) is 44.5. The van der Waals surface area contributed by atoms with Crippen LogP contribution in [0.1, 0.15) is 39.7 Å². The van der Waals surface area contributed by atoms with Gasteiger partial charge in [0.25, 0.3) is 11.5 Å². The lowest BCUT2D eigenvalue weighted by molar-refractivity contribution is 0.0963. The van der Waals surface area contributed by atoms with Gasteiger partial charge in [0.2, 0.25) is 0 Å². The number of H-pyrrole nitrogens is 2. The number of nitrogens with one attached hydrogen (secondary N) is 3. The summed E-state index contributed by atoms with van der Waals surface area (Å²) in [5.41, 5.74) is 3.22. The van der Waals surface area contributed by atoms with Crippen LogP contribution in [0.15, 0.2) is 58.5 Å². The predicted octanol–water partition coefficient (Wildman–Crippen LogP) is 1.40. The zero-order valence-electron chi connectivity index (χ0n) is 16.0. The molecule has 1 aliphatic carbocycles. The maximum atomic E-state index is 12.2. The average Bonchev–Trinajstić information content (AvgIpc) is 3.41. The largest absolute Gasteiger partial charge is 0.355 e. The SMILES string of the molecule is CNC(=O)c1ccc([C@H]2C[C@@H]2c2cc(-c3c[nH]c(=O)[nH]c3=O)nn3ccnc23)cc1. The van der Waals surface area contributed by atoms with Crippen LogP contribution in [0.3, 0.4) is 0 Å². The minimum atomic E-state index is -0.560. The Morgan fingerprint density at radius 2 is 2.00 bits per heavy atom. The number of hydrogen-bond donors (Lipinski definition) is 3. The Kier molecular flexibility index (Phi) is 4.09. The first-order chi connectivity index (χ1) is 14.5. The van der Waals surface area contributed by atoms with E-state index in [0.717, 1.165) is 23.2 Å². The number of carbonyl (C=O) groups excluding carboxylic acids is 1. The topological polar surface area (TPSA) is 125 Å². The molecule has 1 fully saturated rings. The van der Waals surface area contributed by atoms with Gasteiger partial charge in [-0.3, -0.25) is 14.6 Å². The maximum absolute atomic E-state index is 12.2. The summed E-state index contributed by atoms with van der Waals surface area (Å²) in [5.74, 6) is 0.413. The summed E-state index contributed by atoms with van der Waals surface area (Å²) in [6.45, 7) is 0. The highest BCUT2D eigenvalue weighted by Gasteiger charge is 2.41. The number of rotatable bonds is 4. The third kappa shape index (κ3) is 3.00. The maximum Gasteiger partial charge on any atom is 0.325 e. The second-order valence-electron chi connectivity index (χ2n) is 7.32. The van der Waals surface area contributed by atoms with Crippen LogP contribution in [-0.4, -0.2) is 37.5 Å². The zero-order chi connectivity index (χ0) is 20.8. The van der Waals surface area contributed by atoms with Crippen LogP contribution < -0.4 is 16.6 Å². The van der Waals surface area contributed by atoms with Crippen molar-refractivity contribution in [1.82, 2.24) is 29.9 Å². The second-order valence-corrected chi connectivity index (χ2v) is 7.32. The molecular formula is C21H18N6O3. The van der Waals surface area contributed by atoms with E-state index in [-0.39, 0.29) is 11.8 Å². The lowest BCUT2D eigenvalue weighted by atomic mass is 10.0. The third-order valence-electron chi connectivity index (χ3n) is 5.50. The van der Waals surface area contributed by atoms with Crippen molar-refractivity contribution >= 4 is 11.6 Å². The van der Waals surface area contributed by atoms with Crippen molar-refractivity contribution in [3.8, 4) is 11.3 Å². The first-order valence-corrected chi connectivity index (χ1v) is 9.54. The zero-order valence-corrected chi connectivity index (χ0v) is 16.0. The van der Waals surface area contributed by atoms with Gasteiger partial charge in [0.1, 0.15) is 0 Å². The molecule has 0 aliphatic heterocycles. The number of hydrogen-bond acceptors (Lipinski definition) is 5. The molecule has 5 rings (SSSR count). The molecule has 4 aromatic rings. The third-order valence-corrected chi connectivity index (χ3v) is 5.50. The first-order valence-electron chi connectivity index (χ1n) is 9.54. The van der Waals surface area contributed by atoms with Crippen LogP contribution in [-0.2, 0) is 0 Å². The molecular weight excluding hydrogens is 384 g/mol. The van der Waals surface area contributed by atoms with Gasteiger partial charge in [-0.05, 0) is 42.0 Å². The summed E-state index contributed by atoms with van der Waals surface area (Å²) in [5, 5.41) is 7.09. The molecule has 1 saturated carbocycles. The van der Waals surface area contributed by atoms with E-state index >= 15 is 0 Å². The second kappa shape index (κ2) is 6.80. The number of nitrogens with zero attached hydrogens (tertiary/aromatic N) is 3. The van der Waals surface area contributed by atoms with Gasteiger partial charge in [0, 0.05) is 36.8 Å². The standard InChI is InChI=1S/C21H18N6O3/c1-22-19(28)12-4-2-11(3-5-12)13-8-14(13)15-9-17(26-27-7-6-23-18(15)27)16-10-24-21(30)25-20(16)29/h2-7,9-10,13-14H,8H2,1H3,(H,22,28)(H2,24,25,29,30)/t13-,14+/m1/s1. The van der Waals surface area contributed by atoms with Crippen molar-refractivity contribution < 1.29 is 4.79 Å². The molecule has 150 valence electrons. The monoisotopic (exact) mass is 402 g/mol. The van der Waals surface area contributed by atoms with Crippen LogP contribution in [0.5, 0.6) is 0 Å². The highest BCUT2D eigenvalue weighted by atomic mass is 16.2. The van der Waals surface area contributed by atoms with E-state index in [0.29, 0.717) is 22.7 Å². The highest BCUT2D eigenvalue weighted by molar-refractivity contribution is 5.94. The molecule has 2 atom stereocenters. The van der Waals surface area contributed by atoms with E-state index in [1.54, 1.807) is 24.0 Å². The van der Waals surface area contributed by atoms with Crippen molar-refractivity contribution in [2.45, 2.75) is 18.3 Å². The molecule has 0 unspecified atom stereocenters. The fourth-order valence-electron chi connectivity index (χ4n) is 3.88. The number of carbonyl (C=O) groups is 1. The van der Waals surface area contributed by atoms with Crippen molar-refractivity contribution in [1.29, 1.82) is 0 Å². The predicted molar refractivity (Wildman–Crippen MR) is 110 cm³/mol. The van der Waals surface area contributed by atoms with Gasteiger partial charge < -0.3 is 10.3 Å². The Labute approximate surface area is 169 Å². The molecule has 9 nitrogen and oxygen atoms in total. The molecule has 9 heteroatoms. The van der Waals surface area contributed by atoms with Gasteiger partial charge in [0.05, 0.1) is 11.3 Å². The quantitative estimate of drug-likeness (QED) is 0.476. The Bertz CT molecular complexity index is 1380. The minimum Gasteiger partial charge on any atom is -0.355 e. The van der Waals surface area contributed by atoms with E-state index in [4.69, 9.17) is 0 Å². The highest BCUT2D eigenvalue weighted by Crippen LogP contribution is 2.55. The fourth-order valence-corrected chi connectivity index (χ4v) is 3.88. The van der Waals surface area contributed by atoms with Crippen molar-refractivity contribution in [3.05, 3.63) is 86.5 Å². The van der Waals surface area contributed by atoms with Gasteiger partial charge in [-0.1, -0.05) is 12.1 Å².